The van der Waals surface area contributed by atoms with Crippen LogP contribution in [0.3, 0.4) is 0 Å². The van der Waals surface area contributed by atoms with Gasteiger partial charge in [0.05, 0.1) is 19.7 Å². The van der Waals surface area contributed by atoms with Gasteiger partial charge in [0.1, 0.15) is 0 Å². The third-order valence-corrected chi connectivity index (χ3v) is 3.77. The van der Waals surface area contributed by atoms with Gasteiger partial charge in [0.15, 0.2) is 0 Å². The zero-order chi connectivity index (χ0) is 15.7. The van der Waals surface area contributed by atoms with Gasteiger partial charge in [-0.3, -0.25) is 9.69 Å². The highest BCUT2D eigenvalue weighted by Crippen LogP contribution is 2.47. The molecule has 0 aromatic carbocycles. The van der Waals surface area contributed by atoms with Crippen LogP contribution in [0.2, 0.25) is 5.31 Å². The van der Waals surface area contributed by atoms with Gasteiger partial charge < -0.3 is 5.11 Å². The molecule has 2 rings (SSSR count). The molecule has 0 amide bonds. The number of aliphatic carboxylic acids is 1. The maximum absolute atomic E-state index is 13.1. The molecule has 21 heavy (non-hydrogen) atoms. The van der Waals surface area contributed by atoms with Gasteiger partial charge in [-0.25, -0.2) is 0 Å². The van der Waals surface area contributed by atoms with E-state index in [4.69, 9.17) is 13.0 Å². The summed E-state index contributed by atoms with van der Waals surface area (Å²) in [5.41, 5.74) is 0.507. The predicted molar refractivity (Wildman–Crippen MR) is 73.0 cm³/mol. The van der Waals surface area contributed by atoms with Gasteiger partial charge in [-0.1, -0.05) is 30.4 Å². The van der Waals surface area contributed by atoms with E-state index in [-0.39, 0.29) is 12.5 Å². The van der Waals surface area contributed by atoms with E-state index in [1.807, 2.05) is 0 Å². The molecule has 2 atom stereocenters. The first kappa shape index (κ1) is 15.9. The molecule has 1 heterocycles. The minimum absolute atomic E-state index is 0.0984. The summed E-state index contributed by atoms with van der Waals surface area (Å²) in [5, 5.41) is 6.28. The number of likely N-dealkylation sites (tertiary alicyclic amines) is 1. The molecular formula is C14H15BF3NO2. The Kier molecular flexibility index (Phi) is 4.32. The number of alkyl halides is 3. The van der Waals surface area contributed by atoms with Crippen LogP contribution in [0.4, 0.5) is 13.2 Å². The number of rotatable bonds is 3. The zero-order valence-electron chi connectivity index (χ0n) is 11.3. The Morgan fingerprint density at radius 3 is 2.81 bits per heavy atom. The van der Waals surface area contributed by atoms with Gasteiger partial charge in [0, 0.05) is 6.54 Å². The lowest BCUT2D eigenvalue weighted by molar-refractivity contribution is -0.142. The van der Waals surface area contributed by atoms with Crippen LogP contribution >= 0.6 is 0 Å². The molecule has 0 saturated carbocycles. The number of halogens is 3. The van der Waals surface area contributed by atoms with Crippen molar-refractivity contribution < 1.29 is 23.1 Å². The second-order valence-corrected chi connectivity index (χ2v) is 5.41. The van der Waals surface area contributed by atoms with Gasteiger partial charge in [-0.05, 0) is 24.5 Å². The van der Waals surface area contributed by atoms with E-state index < -0.39 is 17.5 Å². The Hall–Kier alpha value is -1.50. The molecule has 1 aliphatic heterocycles. The largest absolute Gasteiger partial charge is 0.480 e. The normalized spacial score (nSPS) is 30.2. The van der Waals surface area contributed by atoms with Crippen molar-refractivity contribution in [2.24, 2.45) is 5.92 Å². The van der Waals surface area contributed by atoms with Crippen LogP contribution < -0.4 is 0 Å². The van der Waals surface area contributed by atoms with Gasteiger partial charge in [0.25, 0.3) is 0 Å². The monoisotopic (exact) mass is 297 g/mol. The minimum Gasteiger partial charge on any atom is -0.480 e. The molecule has 0 aromatic heterocycles. The number of hydrogen-bond donors (Lipinski definition) is 1. The molecule has 7 heteroatoms. The SMILES string of the molecule is [B]C1(C(F)(F)F)C=CC=CC(C2CCN(CC(=O)O)C2)=C1. The standard InChI is InChI=1S/C14H15BF3NO2/c15-13(14(16,17)18)5-2-1-3-10(7-13)11-4-6-19(8-11)9-12(20)21/h1-3,5,7,11H,4,6,8-9H2,(H,20,21). The molecular weight excluding hydrogens is 282 g/mol. The summed E-state index contributed by atoms with van der Waals surface area (Å²) in [7, 11) is 5.47. The topological polar surface area (TPSA) is 40.5 Å². The Morgan fingerprint density at radius 2 is 2.19 bits per heavy atom. The fourth-order valence-corrected chi connectivity index (χ4v) is 2.62. The third kappa shape index (κ3) is 3.58. The maximum Gasteiger partial charge on any atom is 0.393 e. The number of hydrogen-bond acceptors (Lipinski definition) is 2. The maximum atomic E-state index is 13.1. The van der Waals surface area contributed by atoms with Crippen molar-refractivity contribution in [3.05, 3.63) is 36.0 Å². The van der Waals surface area contributed by atoms with Crippen molar-refractivity contribution in [1.29, 1.82) is 0 Å². The second kappa shape index (κ2) is 5.71. The van der Waals surface area contributed by atoms with Crippen molar-refractivity contribution in [3.8, 4) is 0 Å². The average Bonchev–Trinajstić information content (AvgIpc) is 2.69. The lowest BCUT2D eigenvalue weighted by atomic mass is 9.66. The first-order valence-corrected chi connectivity index (χ1v) is 6.60. The van der Waals surface area contributed by atoms with Crippen molar-refractivity contribution >= 4 is 13.8 Å². The van der Waals surface area contributed by atoms with Crippen LogP contribution in [0.15, 0.2) is 36.0 Å². The van der Waals surface area contributed by atoms with Gasteiger partial charge in [-0.15, -0.1) is 0 Å². The summed E-state index contributed by atoms with van der Waals surface area (Å²) in [6.45, 7) is 0.883. The van der Waals surface area contributed by atoms with Crippen LogP contribution in [0.25, 0.3) is 0 Å². The van der Waals surface area contributed by atoms with E-state index in [9.17, 15) is 18.0 Å². The van der Waals surface area contributed by atoms with Crippen molar-refractivity contribution in [1.82, 2.24) is 4.90 Å². The average molecular weight is 297 g/mol. The molecule has 112 valence electrons. The number of carbonyl (C=O) groups is 1. The summed E-state index contributed by atoms with van der Waals surface area (Å²) < 4.78 is 39.2. The van der Waals surface area contributed by atoms with Gasteiger partial charge in [0.2, 0.25) is 0 Å². The molecule has 1 N–H and O–H groups in total. The quantitative estimate of drug-likeness (QED) is 0.813. The van der Waals surface area contributed by atoms with E-state index in [1.54, 1.807) is 11.0 Å². The second-order valence-electron chi connectivity index (χ2n) is 5.41. The number of carboxylic acid groups (broad SMARTS) is 1. The van der Waals surface area contributed by atoms with Crippen molar-refractivity contribution in [3.63, 3.8) is 0 Å². The van der Waals surface area contributed by atoms with Crippen molar-refractivity contribution in [2.75, 3.05) is 19.6 Å². The summed E-state index contributed by atoms with van der Waals surface area (Å²) in [5.74, 6) is -1.07. The molecule has 1 fully saturated rings. The molecule has 3 nitrogen and oxygen atoms in total. The number of allylic oxidation sites excluding steroid dienone is 5. The fraction of sp³-hybridized carbons (Fsp3) is 0.500. The molecule has 2 aliphatic rings. The predicted octanol–water partition coefficient (Wildman–Crippen LogP) is 2.33. The summed E-state index contributed by atoms with van der Waals surface area (Å²) in [4.78, 5) is 12.4. The number of nitrogens with zero attached hydrogens (tertiary/aromatic N) is 1. The summed E-state index contributed by atoms with van der Waals surface area (Å²) in [6.07, 6.45) is 2.47. The highest BCUT2D eigenvalue weighted by atomic mass is 19.4. The lowest BCUT2D eigenvalue weighted by Gasteiger charge is -2.27. The molecule has 1 saturated heterocycles. The molecule has 0 spiro atoms. The first-order valence-electron chi connectivity index (χ1n) is 6.60. The van der Waals surface area contributed by atoms with E-state index in [1.165, 1.54) is 12.2 Å². The van der Waals surface area contributed by atoms with Crippen LogP contribution in [0.5, 0.6) is 0 Å². The van der Waals surface area contributed by atoms with Crippen LogP contribution in [0.1, 0.15) is 6.42 Å². The lowest BCUT2D eigenvalue weighted by Crippen LogP contribution is -2.29. The van der Waals surface area contributed by atoms with Crippen LogP contribution in [-0.2, 0) is 4.79 Å². The summed E-state index contributed by atoms with van der Waals surface area (Å²) in [6, 6.07) is 0. The minimum atomic E-state index is -4.57. The number of carboxylic acids is 1. The van der Waals surface area contributed by atoms with Crippen LogP contribution in [-0.4, -0.2) is 49.6 Å². The van der Waals surface area contributed by atoms with E-state index >= 15 is 0 Å². The van der Waals surface area contributed by atoms with E-state index in [0.717, 1.165) is 12.2 Å². The Balaban J connectivity index is 2.18. The van der Waals surface area contributed by atoms with E-state index in [0.29, 0.717) is 25.1 Å². The van der Waals surface area contributed by atoms with Crippen LogP contribution in [0, 0.1) is 5.92 Å². The Bertz CT molecular complexity index is 513. The summed E-state index contributed by atoms with van der Waals surface area (Å²) >= 11 is 0. The molecule has 0 aromatic rings. The van der Waals surface area contributed by atoms with Crippen molar-refractivity contribution in [2.45, 2.75) is 17.9 Å². The van der Waals surface area contributed by atoms with Gasteiger partial charge >= 0.3 is 12.1 Å². The van der Waals surface area contributed by atoms with Gasteiger partial charge in [-0.2, -0.15) is 13.2 Å². The third-order valence-electron chi connectivity index (χ3n) is 3.77. The molecule has 2 radical (unpaired) electrons. The Morgan fingerprint density at radius 1 is 1.48 bits per heavy atom. The first-order chi connectivity index (χ1) is 9.71. The highest BCUT2D eigenvalue weighted by Gasteiger charge is 2.47. The smallest absolute Gasteiger partial charge is 0.393 e. The molecule has 0 bridgehead atoms. The zero-order valence-corrected chi connectivity index (χ0v) is 11.3. The Labute approximate surface area is 122 Å². The molecule has 2 unspecified atom stereocenters. The highest BCUT2D eigenvalue weighted by molar-refractivity contribution is 6.19. The van der Waals surface area contributed by atoms with E-state index in [2.05, 4.69) is 0 Å². The fourth-order valence-electron chi connectivity index (χ4n) is 2.62. The molecule has 1 aliphatic carbocycles.